The van der Waals surface area contributed by atoms with Gasteiger partial charge in [-0.1, -0.05) is 48.5 Å². The van der Waals surface area contributed by atoms with Crippen LogP contribution in [0.1, 0.15) is 17.2 Å². The van der Waals surface area contributed by atoms with E-state index in [-0.39, 0.29) is 6.61 Å². The predicted molar refractivity (Wildman–Crippen MR) is 96.1 cm³/mol. The average molecular weight is 326 g/mol. The molecule has 0 aromatic heterocycles. The van der Waals surface area contributed by atoms with Gasteiger partial charge in [0.2, 0.25) is 0 Å². The second kappa shape index (κ2) is 8.29. The molecule has 128 valence electrons. The van der Waals surface area contributed by atoms with Gasteiger partial charge in [-0.25, -0.2) is 0 Å². The molecule has 0 saturated carbocycles. The van der Waals surface area contributed by atoms with Crippen molar-refractivity contribution >= 4 is 0 Å². The van der Waals surface area contributed by atoms with E-state index < -0.39 is 0 Å². The lowest BCUT2D eigenvalue weighted by Crippen LogP contribution is -2.46. The third kappa shape index (κ3) is 4.15. The van der Waals surface area contributed by atoms with Gasteiger partial charge in [0, 0.05) is 37.8 Å². The van der Waals surface area contributed by atoms with Gasteiger partial charge in [0.25, 0.3) is 0 Å². The summed E-state index contributed by atoms with van der Waals surface area (Å²) in [7, 11) is 2.20. The highest BCUT2D eigenvalue weighted by molar-refractivity contribution is 5.33. The van der Waals surface area contributed by atoms with Crippen LogP contribution in [0.2, 0.25) is 0 Å². The van der Waals surface area contributed by atoms with Crippen molar-refractivity contribution in [3.05, 3.63) is 65.7 Å². The first-order valence-corrected chi connectivity index (χ1v) is 8.57. The van der Waals surface area contributed by atoms with E-state index in [0.29, 0.717) is 12.6 Å². The number of piperazine rings is 1. The summed E-state index contributed by atoms with van der Waals surface area (Å²) in [5.74, 6) is 0.877. The molecule has 0 unspecified atom stereocenters. The highest BCUT2D eigenvalue weighted by Crippen LogP contribution is 2.26. The summed E-state index contributed by atoms with van der Waals surface area (Å²) in [6, 6.07) is 19.3. The Labute approximate surface area is 144 Å². The van der Waals surface area contributed by atoms with Gasteiger partial charge in [0.05, 0.1) is 6.61 Å². The van der Waals surface area contributed by atoms with Gasteiger partial charge >= 0.3 is 0 Å². The minimum absolute atomic E-state index is 0.0406. The first-order valence-electron chi connectivity index (χ1n) is 8.57. The van der Waals surface area contributed by atoms with Crippen LogP contribution < -0.4 is 4.74 Å². The standard InChI is InChI=1S/C20H26N2O2/c1-21-11-12-22(16-19(21)17-7-3-2-4-8-17)15-18-9-5-6-10-20(18)24-14-13-23/h2-10,19,23H,11-16H2,1H3/t19-/m0/s1. The number of nitrogens with zero attached hydrogens (tertiary/aromatic N) is 2. The zero-order valence-corrected chi connectivity index (χ0v) is 14.3. The number of ether oxygens (including phenoxy) is 1. The Balaban J connectivity index is 1.70. The van der Waals surface area contributed by atoms with Crippen molar-refractivity contribution < 1.29 is 9.84 Å². The SMILES string of the molecule is CN1CCN(Cc2ccccc2OCCO)C[C@H]1c1ccccc1. The van der Waals surface area contributed by atoms with E-state index in [1.165, 1.54) is 11.1 Å². The molecule has 1 fully saturated rings. The molecule has 4 nitrogen and oxygen atoms in total. The van der Waals surface area contributed by atoms with Crippen LogP contribution in [-0.2, 0) is 6.54 Å². The smallest absolute Gasteiger partial charge is 0.123 e. The zero-order chi connectivity index (χ0) is 16.8. The third-order valence-corrected chi connectivity index (χ3v) is 4.63. The second-order valence-corrected chi connectivity index (χ2v) is 6.32. The van der Waals surface area contributed by atoms with Gasteiger partial charge in [-0.2, -0.15) is 0 Å². The third-order valence-electron chi connectivity index (χ3n) is 4.63. The summed E-state index contributed by atoms with van der Waals surface area (Å²) >= 11 is 0. The molecule has 24 heavy (non-hydrogen) atoms. The Morgan fingerprint density at radius 2 is 1.79 bits per heavy atom. The Kier molecular flexibility index (Phi) is 5.86. The predicted octanol–water partition coefficient (Wildman–Crippen LogP) is 2.55. The fourth-order valence-corrected chi connectivity index (χ4v) is 3.28. The van der Waals surface area contributed by atoms with Gasteiger partial charge < -0.3 is 9.84 Å². The van der Waals surface area contributed by atoms with Gasteiger partial charge in [-0.05, 0) is 18.7 Å². The molecule has 2 aromatic rings. The summed E-state index contributed by atoms with van der Waals surface area (Å²) in [5.41, 5.74) is 2.55. The fraction of sp³-hybridized carbons (Fsp3) is 0.400. The maximum absolute atomic E-state index is 8.99. The summed E-state index contributed by atoms with van der Waals surface area (Å²) < 4.78 is 5.67. The molecule has 3 rings (SSSR count). The molecule has 0 radical (unpaired) electrons. The van der Waals surface area contributed by atoms with Crippen LogP contribution in [0.15, 0.2) is 54.6 Å². The minimum atomic E-state index is 0.0406. The second-order valence-electron chi connectivity index (χ2n) is 6.32. The Morgan fingerprint density at radius 3 is 2.58 bits per heavy atom. The van der Waals surface area contributed by atoms with E-state index in [1.807, 2.05) is 18.2 Å². The lowest BCUT2D eigenvalue weighted by Gasteiger charge is -2.40. The largest absolute Gasteiger partial charge is 0.491 e. The fourth-order valence-electron chi connectivity index (χ4n) is 3.28. The van der Waals surface area contributed by atoms with Crippen LogP contribution in [0.5, 0.6) is 5.75 Å². The number of benzene rings is 2. The molecular formula is C20H26N2O2. The van der Waals surface area contributed by atoms with Crippen LogP contribution in [0, 0.1) is 0 Å². The van der Waals surface area contributed by atoms with Gasteiger partial charge in [-0.15, -0.1) is 0 Å². The highest BCUT2D eigenvalue weighted by atomic mass is 16.5. The van der Waals surface area contributed by atoms with Crippen LogP contribution in [-0.4, -0.2) is 54.8 Å². The molecular weight excluding hydrogens is 300 g/mol. The molecule has 0 spiro atoms. The summed E-state index contributed by atoms with van der Waals surface area (Å²) in [6.07, 6.45) is 0. The lowest BCUT2D eigenvalue weighted by atomic mass is 10.0. The number of rotatable bonds is 6. The quantitative estimate of drug-likeness (QED) is 0.885. The molecule has 1 heterocycles. The Bertz CT molecular complexity index is 633. The summed E-state index contributed by atoms with van der Waals surface area (Å²) in [5, 5.41) is 8.99. The first-order chi connectivity index (χ1) is 11.8. The summed E-state index contributed by atoms with van der Waals surface area (Å²) in [4.78, 5) is 4.92. The van der Waals surface area contributed by atoms with Crippen molar-refractivity contribution in [1.29, 1.82) is 0 Å². The lowest BCUT2D eigenvalue weighted by molar-refractivity contribution is 0.0894. The molecule has 0 aliphatic carbocycles. The molecule has 0 amide bonds. The average Bonchev–Trinajstić information content (AvgIpc) is 2.63. The van der Waals surface area contributed by atoms with E-state index in [2.05, 4.69) is 53.2 Å². The number of likely N-dealkylation sites (N-methyl/N-ethyl adjacent to an activating group) is 1. The number of aliphatic hydroxyl groups is 1. The maximum atomic E-state index is 8.99. The number of hydrogen-bond donors (Lipinski definition) is 1. The van der Waals surface area contributed by atoms with Crippen molar-refractivity contribution in [3.8, 4) is 5.75 Å². The Hall–Kier alpha value is -1.88. The molecule has 1 N–H and O–H groups in total. The van der Waals surface area contributed by atoms with Crippen molar-refractivity contribution in [3.63, 3.8) is 0 Å². The van der Waals surface area contributed by atoms with E-state index >= 15 is 0 Å². The summed E-state index contributed by atoms with van der Waals surface area (Å²) in [6.45, 7) is 4.37. The van der Waals surface area contributed by atoms with Gasteiger partial charge in [-0.3, -0.25) is 9.80 Å². The number of aliphatic hydroxyl groups excluding tert-OH is 1. The maximum Gasteiger partial charge on any atom is 0.123 e. The van der Waals surface area contributed by atoms with Crippen molar-refractivity contribution in [1.82, 2.24) is 9.80 Å². The topological polar surface area (TPSA) is 35.9 Å². The van der Waals surface area contributed by atoms with E-state index in [4.69, 9.17) is 9.84 Å². The van der Waals surface area contributed by atoms with Crippen LogP contribution >= 0.6 is 0 Å². The molecule has 1 aliphatic heterocycles. The highest BCUT2D eigenvalue weighted by Gasteiger charge is 2.25. The number of para-hydroxylation sites is 1. The van der Waals surface area contributed by atoms with Gasteiger partial charge in [0.15, 0.2) is 0 Å². The zero-order valence-electron chi connectivity index (χ0n) is 14.3. The molecule has 1 atom stereocenters. The van der Waals surface area contributed by atoms with Crippen molar-refractivity contribution in [2.24, 2.45) is 0 Å². The van der Waals surface area contributed by atoms with E-state index in [0.717, 1.165) is 31.9 Å². The number of hydrogen-bond acceptors (Lipinski definition) is 4. The Morgan fingerprint density at radius 1 is 1.04 bits per heavy atom. The van der Waals surface area contributed by atoms with E-state index in [9.17, 15) is 0 Å². The van der Waals surface area contributed by atoms with Crippen LogP contribution in [0.25, 0.3) is 0 Å². The molecule has 0 bridgehead atoms. The van der Waals surface area contributed by atoms with Crippen molar-refractivity contribution in [2.75, 3.05) is 39.9 Å². The van der Waals surface area contributed by atoms with Crippen LogP contribution in [0.3, 0.4) is 0 Å². The molecule has 4 heteroatoms. The normalized spacial score (nSPS) is 19.3. The molecule has 1 aliphatic rings. The van der Waals surface area contributed by atoms with E-state index in [1.54, 1.807) is 0 Å². The monoisotopic (exact) mass is 326 g/mol. The minimum Gasteiger partial charge on any atom is -0.491 e. The van der Waals surface area contributed by atoms with Gasteiger partial charge in [0.1, 0.15) is 12.4 Å². The first kappa shape index (κ1) is 17.0. The molecule has 1 saturated heterocycles. The van der Waals surface area contributed by atoms with Crippen molar-refractivity contribution in [2.45, 2.75) is 12.6 Å². The molecule has 2 aromatic carbocycles. The van der Waals surface area contributed by atoms with Crippen LogP contribution in [0.4, 0.5) is 0 Å².